The largest absolute Gasteiger partial charge is 0.337 e. The second-order valence-corrected chi connectivity index (χ2v) is 9.81. The van der Waals surface area contributed by atoms with Gasteiger partial charge in [-0.25, -0.2) is 0 Å². The van der Waals surface area contributed by atoms with Gasteiger partial charge in [-0.1, -0.05) is 68.1 Å². The molecular weight excluding hydrogens is 441 g/mol. The second-order valence-electron chi connectivity index (χ2n) is 8.03. The minimum absolute atomic E-state index is 0.159. The van der Waals surface area contributed by atoms with Gasteiger partial charge in [0, 0.05) is 17.1 Å². The smallest absolute Gasteiger partial charge is 0.231 e. The van der Waals surface area contributed by atoms with Gasteiger partial charge in [0.05, 0.1) is 16.8 Å². The number of carbonyl (C=O) groups is 1. The van der Waals surface area contributed by atoms with E-state index < -0.39 is 5.54 Å². The van der Waals surface area contributed by atoms with Gasteiger partial charge in [0.1, 0.15) is 5.54 Å². The average Bonchev–Trinajstić information content (AvgIpc) is 3.08. The van der Waals surface area contributed by atoms with E-state index in [1.165, 1.54) is 11.8 Å². The van der Waals surface area contributed by atoms with Gasteiger partial charge < -0.3 is 9.88 Å². The van der Waals surface area contributed by atoms with Crippen LogP contribution in [0.3, 0.4) is 0 Å². The first-order valence-corrected chi connectivity index (χ1v) is 11.8. The van der Waals surface area contributed by atoms with Gasteiger partial charge in [0.2, 0.25) is 5.91 Å². The van der Waals surface area contributed by atoms with Crippen molar-refractivity contribution in [1.29, 1.82) is 5.26 Å². The average molecular weight is 466 g/mol. The highest BCUT2D eigenvalue weighted by Gasteiger charge is 2.33. The summed E-state index contributed by atoms with van der Waals surface area (Å²) in [6, 6.07) is 7.59. The Labute approximate surface area is 191 Å². The predicted octanol–water partition coefficient (Wildman–Crippen LogP) is 5.34. The number of thioether (sulfide) groups is 1. The number of hydrogen-bond donors (Lipinski definition) is 1. The Hall–Kier alpha value is -1.75. The van der Waals surface area contributed by atoms with Gasteiger partial charge in [0.25, 0.3) is 0 Å². The summed E-state index contributed by atoms with van der Waals surface area (Å²) in [6.45, 7) is 4.90. The van der Waals surface area contributed by atoms with Gasteiger partial charge in [0.15, 0.2) is 11.0 Å². The van der Waals surface area contributed by atoms with E-state index in [1.54, 1.807) is 12.1 Å². The van der Waals surface area contributed by atoms with Crippen molar-refractivity contribution in [3.05, 3.63) is 28.2 Å². The number of carbonyl (C=O) groups excluding carboxylic acids is 1. The molecule has 2 aromatic rings. The standard InChI is InChI=1S/C21H25Cl2N5OS/c1-14(2)11-28-19(16-7-6-15(22)10-17(16)23)26-27-20(28)30-12-18(29)25-21(13-24)8-4-3-5-9-21/h6-7,10,14H,3-5,8-9,11-12H2,1-2H3,(H,25,29). The first kappa shape index (κ1) is 22.9. The quantitative estimate of drug-likeness (QED) is 0.557. The molecule has 160 valence electrons. The maximum Gasteiger partial charge on any atom is 0.231 e. The van der Waals surface area contributed by atoms with Crippen LogP contribution < -0.4 is 5.32 Å². The van der Waals surface area contributed by atoms with Crippen molar-refractivity contribution >= 4 is 40.9 Å². The van der Waals surface area contributed by atoms with Crippen LogP contribution in [0, 0.1) is 17.2 Å². The monoisotopic (exact) mass is 465 g/mol. The lowest BCUT2D eigenvalue weighted by Gasteiger charge is -2.31. The molecule has 0 spiro atoms. The molecule has 30 heavy (non-hydrogen) atoms. The number of halogens is 2. The highest BCUT2D eigenvalue weighted by molar-refractivity contribution is 7.99. The van der Waals surface area contributed by atoms with Gasteiger partial charge >= 0.3 is 0 Å². The molecule has 3 rings (SSSR count). The van der Waals surface area contributed by atoms with E-state index >= 15 is 0 Å². The van der Waals surface area contributed by atoms with Crippen LogP contribution in [0.15, 0.2) is 23.4 Å². The molecule has 1 aliphatic carbocycles. The number of rotatable bonds is 7. The number of nitrogens with one attached hydrogen (secondary N) is 1. The summed E-state index contributed by atoms with van der Waals surface area (Å²) in [7, 11) is 0. The Kier molecular flexibility index (Phi) is 7.67. The Morgan fingerprint density at radius 3 is 2.67 bits per heavy atom. The summed E-state index contributed by atoms with van der Waals surface area (Å²) in [5.41, 5.74) is 0.0138. The highest BCUT2D eigenvalue weighted by Crippen LogP contribution is 2.32. The Morgan fingerprint density at radius 2 is 2.03 bits per heavy atom. The molecule has 0 unspecified atom stereocenters. The maximum atomic E-state index is 12.6. The molecule has 1 saturated carbocycles. The fourth-order valence-corrected chi connectivity index (χ4v) is 4.89. The molecule has 0 radical (unpaired) electrons. The maximum absolute atomic E-state index is 12.6. The molecule has 6 nitrogen and oxygen atoms in total. The van der Waals surface area contributed by atoms with Crippen molar-refractivity contribution in [2.24, 2.45) is 5.92 Å². The summed E-state index contributed by atoms with van der Waals surface area (Å²) in [5, 5.41) is 22.9. The second kappa shape index (κ2) is 10.0. The van der Waals surface area contributed by atoms with Gasteiger partial charge in [-0.2, -0.15) is 5.26 Å². The molecule has 1 N–H and O–H groups in total. The van der Waals surface area contributed by atoms with Crippen molar-refractivity contribution < 1.29 is 4.79 Å². The van der Waals surface area contributed by atoms with Crippen LogP contribution >= 0.6 is 35.0 Å². The molecule has 1 aliphatic rings. The van der Waals surface area contributed by atoms with Crippen LogP contribution in [0.25, 0.3) is 11.4 Å². The molecule has 0 saturated heterocycles. The van der Waals surface area contributed by atoms with Crippen LogP contribution in [0.4, 0.5) is 0 Å². The summed E-state index contributed by atoms with van der Waals surface area (Å²) >= 11 is 13.7. The zero-order valence-corrected chi connectivity index (χ0v) is 19.4. The van der Waals surface area contributed by atoms with Crippen molar-refractivity contribution in [2.75, 3.05) is 5.75 Å². The molecule has 1 aromatic heterocycles. The Bertz CT molecular complexity index is 947. The number of nitrogens with zero attached hydrogens (tertiary/aromatic N) is 4. The molecule has 1 amide bonds. The molecule has 9 heteroatoms. The first-order chi connectivity index (χ1) is 14.3. The minimum Gasteiger partial charge on any atom is -0.337 e. The number of hydrogen-bond acceptors (Lipinski definition) is 5. The minimum atomic E-state index is -0.733. The van der Waals surface area contributed by atoms with Crippen LogP contribution in [0.5, 0.6) is 0 Å². The SMILES string of the molecule is CC(C)Cn1c(SCC(=O)NC2(C#N)CCCCC2)nnc1-c1ccc(Cl)cc1Cl. The molecule has 1 fully saturated rings. The van der Waals surface area contributed by atoms with Gasteiger partial charge in [-0.05, 0) is 37.0 Å². The molecule has 0 atom stereocenters. The third kappa shape index (κ3) is 5.48. The van der Waals surface area contributed by atoms with Gasteiger partial charge in [-0.3, -0.25) is 4.79 Å². The number of aromatic nitrogens is 3. The van der Waals surface area contributed by atoms with E-state index in [-0.39, 0.29) is 11.7 Å². The van der Waals surface area contributed by atoms with Crippen LogP contribution in [0.1, 0.15) is 46.0 Å². The van der Waals surface area contributed by atoms with E-state index in [0.717, 1.165) is 24.8 Å². The zero-order valence-electron chi connectivity index (χ0n) is 17.1. The highest BCUT2D eigenvalue weighted by atomic mass is 35.5. The van der Waals surface area contributed by atoms with E-state index in [9.17, 15) is 10.1 Å². The molecule has 1 heterocycles. The van der Waals surface area contributed by atoms with E-state index in [0.29, 0.717) is 46.3 Å². The van der Waals surface area contributed by atoms with Crippen molar-refractivity contribution in [3.63, 3.8) is 0 Å². The lowest BCUT2D eigenvalue weighted by molar-refractivity contribution is -0.120. The van der Waals surface area contributed by atoms with E-state index in [1.807, 2.05) is 10.6 Å². The molecule has 0 aliphatic heterocycles. The number of nitriles is 1. The lowest BCUT2D eigenvalue weighted by Crippen LogP contribution is -2.49. The fourth-order valence-electron chi connectivity index (χ4n) is 3.65. The third-order valence-electron chi connectivity index (χ3n) is 5.07. The van der Waals surface area contributed by atoms with E-state index in [4.69, 9.17) is 23.2 Å². The van der Waals surface area contributed by atoms with Crippen LogP contribution in [0.2, 0.25) is 10.0 Å². The third-order valence-corrected chi connectivity index (χ3v) is 6.58. The van der Waals surface area contributed by atoms with Crippen molar-refractivity contribution in [3.8, 4) is 17.5 Å². The summed E-state index contributed by atoms with van der Waals surface area (Å²) in [6.07, 6.45) is 4.47. The summed E-state index contributed by atoms with van der Waals surface area (Å²) < 4.78 is 1.98. The molecular formula is C21H25Cl2N5OS. The van der Waals surface area contributed by atoms with E-state index in [2.05, 4.69) is 35.4 Å². The van der Waals surface area contributed by atoms with Crippen molar-refractivity contribution in [1.82, 2.24) is 20.1 Å². The number of benzene rings is 1. The zero-order chi connectivity index (χ0) is 21.7. The lowest BCUT2D eigenvalue weighted by atomic mass is 9.83. The first-order valence-electron chi connectivity index (χ1n) is 10.1. The van der Waals surface area contributed by atoms with Crippen LogP contribution in [-0.4, -0.2) is 32.0 Å². The summed E-state index contributed by atoms with van der Waals surface area (Å²) in [5.74, 6) is 1.01. The normalized spacial score (nSPS) is 15.7. The summed E-state index contributed by atoms with van der Waals surface area (Å²) in [4.78, 5) is 12.6. The topological polar surface area (TPSA) is 83.6 Å². The van der Waals surface area contributed by atoms with Crippen LogP contribution in [-0.2, 0) is 11.3 Å². The number of amides is 1. The van der Waals surface area contributed by atoms with Gasteiger partial charge in [-0.15, -0.1) is 10.2 Å². The molecule has 0 bridgehead atoms. The molecule has 1 aromatic carbocycles. The predicted molar refractivity (Wildman–Crippen MR) is 121 cm³/mol. The Balaban J connectivity index is 1.76. The van der Waals surface area contributed by atoms with Crippen molar-refractivity contribution in [2.45, 2.75) is 63.2 Å². The fraction of sp³-hybridized carbons (Fsp3) is 0.524. The Morgan fingerprint density at radius 1 is 1.30 bits per heavy atom.